The number of ether oxygens (including phenoxy) is 1. The lowest BCUT2D eigenvalue weighted by molar-refractivity contribution is 0.0522. The van der Waals surface area contributed by atoms with E-state index in [1.54, 1.807) is 29.8 Å². The molecule has 0 saturated heterocycles. The Kier molecular flexibility index (Phi) is 6.55. The summed E-state index contributed by atoms with van der Waals surface area (Å²) >= 11 is 0. The van der Waals surface area contributed by atoms with Gasteiger partial charge < -0.3 is 9.64 Å². The summed E-state index contributed by atoms with van der Waals surface area (Å²) in [5.41, 5.74) is 6.52. The lowest BCUT2D eigenvalue weighted by atomic mass is 9.99. The first kappa shape index (κ1) is 22.2. The number of aromatic nitrogens is 3. The minimum Gasteiger partial charge on any atom is -0.462 e. The number of benzene rings is 1. The highest BCUT2D eigenvalue weighted by atomic mass is 16.6. The van der Waals surface area contributed by atoms with E-state index >= 15 is 0 Å². The third-order valence-corrected chi connectivity index (χ3v) is 5.01. The molecule has 9 nitrogen and oxygen atoms in total. The number of hydroxylamine groups is 1. The van der Waals surface area contributed by atoms with Crippen LogP contribution in [0.15, 0.2) is 30.7 Å². The maximum atomic E-state index is 12.6. The van der Waals surface area contributed by atoms with Crippen LogP contribution in [0.4, 0.5) is 11.5 Å². The van der Waals surface area contributed by atoms with E-state index in [9.17, 15) is 9.59 Å². The van der Waals surface area contributed by atoms with Crippen molar-refractivity contribution in [3.05, 3.63) is 53.0 Å². The molecule has 0 atom stereocenters. The van der Waals surface area contributed by atoms with Crippen LogP contribution < -0.4 is 10.4 Å². The number of amides is 1. The topological polar surface area (TPSA) is 98.1 Å². The van der Waals surface area contributed by atoms with E-state index < -0.39 is 0 Å². The second kappa shape index (κ2) is 9.13. The van der Waals surface area contributed by atoms with Crippen LogP contribution in [0, 0.1) is 6.92 Å². The van der Waals surface area contributed by atoms with E-state index in [4.69, 9.17) is 9.57 Å². The molecule has 9 heteroatoms. The van der Waals surface area contributed by atoms with Gasteiger partial charge in [-0.05, 0) is 37.5 Å². The van der Waals surface area contributed by atoms with Crippen LogP contribution in [0.3, 0.4) is 0 Å². The van der Waals surface area contributed by atoms with Crippen LogP contribution in [0.25, 0.3) is 5.52 Å². The summed E-state index contributed by atoms with van der Waals surface area (Å²) < 4.78 is 6.90. The molecule has 1 N–H and O–H groups in total. The van der Waals surface area contributed by atoms with E-state index in [0.717, 1.165) is 16.8 Å². The summed E-state index contributed by atoms with van der Waals surface area (Å²) in [5.74, 6) is -0.0935. The number of nitrogens with zero attached hydrogens (tertiary/aromatic N) is 4. The molecule has 1 aromatic carbocycles. The van der Waals surface area contributed by atoms with E-state index in [-0.39, 0.29) is 24.4 Å². The second-order valence-corrected chi connectivity index (χ2v) is 7.40. The smallest absolute Gasteiger partial charge is 0.340 e. The standard InChI is InChI=1S/C22H27N5O4/c1-7-31-22(29)16-11-27-19(18(16)13(2)3)20(23-12-24-27)26(5)17-10-15(9-8-14(17)4)21(28)25-30-6/h8-13H,7H2,1-6H3,(H,25,28). The first-order valence-electron chi connectivity index (χ1n) is 10.0. The van der Waals surface area contributed by atoms with Gasteiger partial charge in [-0.3, -0.25) is 9.63 Å². The molecule has 0 bridgehead atoms. The van der Waals surface area contributed by atoms with E-state index in [1.165, 1.54) is 13.4 Å². The third kappa shape index (κ3) is 4.22. The Bertz CT molecular complexity index is 1120. The van der Waals surface area contributed by atoms with Crippen molar-refractivity contribution in [2.75, 3.05) is 25.7 Å². The molecule has 0 unspecified atom stereocenters. The lowest BCUT2D eigenvalue weighted by Gasteiger charge is -2.23. The van der Waals surface area contributed by atoms with Crippen molar-refractivity contribution in [3.8, 4) is 0 Å². The van der Waals surface area contributed by atoms with Crippen molar-refractivity contribution in [2.45, 2.75) is 33.6 Å². The fourth-order valence-electron chi connectivity index (χ4n) is 3.60. The molecule has 0 aliphatic heterocycles. The van der Waals surface area contributed by atoms with Crippen molar-refractivity contribution in [2.24, 2.45) is 0 Å². The van der Waals surface area contributed by atoms with Crippen molar-refractivity contribution < 1.29 is 19.2 Å². The summed E-state index contributed by atoms with van der Waals surface area (Å²) in [4.78, 5) is 35.9. The predicted molar refractivity (Wildman–Crippen MR) is 117 cm³/mol. The van der Waals surface area contributed by atoms with Gasteiger partial charge in [-0.2, -0.15) is 5.10 Å². The predicted octanol–water partition coefficient (Wildman–Crippen LogP) is 3.40. The summed E-state index contributed by atoms with van der Waals surface area (Å²) in [6, 6.07) is 5.36. The lowest BCUT2D eigenvalue weighted by Crippen LogP contribution is -2.22. The average Bonchev–Trinajstić information content (AvgIpc) is 3.14. The number of hydrogen-bond donors (Lipinski definition) is 1. The van der Waals surface area contributed by atoms with Gasteiger partial charge in [0.25, 0.3) is 5.91 Å². The Balaban J connectivity index is 2.18. The van der Waals surface area contributed by atoms with Crippen LogP contribution in [0.2, 0.25) is 0 Å². The van der Waals surface area contributed by atoms with Crippen LogP contribution in [0.1, 0.15) is 58.5 Å². The number of carbonyl (C=O) groups is 2. The summed E-state index contributed by atoms with van der Waals surface area (Å²) in [6.07, 6.45) is 3.12. The molecule has 3 rings (SSSR count). The number of hydrogen-bond acceptors (Lipinski definition) is 7. The molecule has 2 heterocycles. The van der Waals surface area contributed by atoms with Gasteiger partial charge >= 0.3 is 5.97 Å². The minimum absolute atomic E-state index is 0.0301. The maximum Gasteiger partial charge on any atom is 0.340 e. The van der Waals surface area contributed by atoms with Crippen LogP contribution in [-0.2, 0) is 9.57 Å². The van der Waals surface area contributed by atoms with E-state index in [2.05, 4.69) is 15.6 Å². The van der Waals surface area contributed by atoms with Gasteiger partial charge in [-0.25, -0.2) is 19.8 Å². The Hall–Kier alpha value is -3.46. The van der Waals surface area contributed by atoms with E-state index in [1.807, 2.05) is 38.8 Å². The normalized spacial score (nSPS) is 11.1. The van der Waals surface area contributed by atoms with Crippen molar-refractivity contribution in [1.82, 2.24) is 20.1 Å². The van der Waals surface area contributed by atoms with Crippen LogP contribution >= 0.6 is 0 Å². The number of fused-ring (bicyclic) bond motifs is 1. The Morgan fingerprint density at radius 2 is 2.03 bits per heavy atom. The Morgan fingerprint density at radius 1 is 1.29 bits per heavy atom. The molecular weight excluding hydrogens is 398 g/mol. The summed E-state index contributed by atoms with van der Waals surface area (Å²) in [7, 11) is 3.25. The van der Waals surface area contributed by atoms with Crippen molar-refractivity contribution in [3.63, 3.8) is 0 Å². The zero-order valence-corrected chi connectivity index (χ0v) is 18.6. The van der Waals surface area contributed by atoms with Gasteiger partial charge in [0, 0.05) is 30.1 Å². The molecule has 31 heavy (non-hydrogen) atoms. The molecule has 0 fully saturated rings. The largest absolute Gasteiger partial charge is 0.462 e. The molecule has 0 radical (unpaired) electrons. The van der Waals surface area contributed by atoms with Crippen LogP contribution in [0.5, 0.6) is 0 Å². The van der Waals surface area contributed by atoms with Gasteiger partial charge in [0.15, 0.2) is 5.82 Å². The van der Waals surface area contributed by atoms with Gasteiger partial charge in [-0.1, -0.05) is 19.9 Å². The minimum atomic E-state index is -0.389. The zero-order chi connectivity index (χ0) is 22.7. The molecule has 3 aromatic rings. The first-order valence-corrected chi connectivity index (χ1v) is 10.0. The van der Waals surface area contributed by atoms with Gasteiger partial charge in [0.1, 0.15) is 11.8 Å². The van der Waals surface area contributed by atoms with Gasteiger partial charge in [0.05, 0.1) is 19.3 Å². The number of aryl methyl sites for hydroxylation is 1. The molecule has 1 amide bonds. The highest BCUT2D eigenvalue weighted by Gasteiger charge is 2.25. The molecule has 0 aliphatic carbocycles. The monoisotopic (exact) mass is 425 g/mol. The number of carbonyl (C=O) groups excluding carboxylic acids is 2. The van der Waals surface area contributed by atoms with Gasteiger partial charge in [0.2, 0.25) is 0 Å². The zero-order valence-electron chi connectivity index (χ0n) is 18.6. The number of nitrogens with one attached hydrogen (secondary N) is 1. The molecule has 0 saturated carbocycles. The number of anilines is 2. The second-order valence-electron chi connectivity index (χ2n) is 7.40. The quantitative estimate of drug-likeness (QED) is 0.458. The highest BCUT2D eigenvalue weighted by Crippen LogP contribution is 2.35. The SMILES string of the molecule is CCOC(=O)c1cn2ncnc(N(C)c3cc(C(=O)NOC)ccc3C)c2c1C(C)C. The fraction of sp³-hybridized carbons (Fsp3) is 0.364. The van der Waals surface area contributed by atoms with Crippen molar-refractivity contribution in [1.29, 1.82) is 0 Å². The number of rotatable bonds is 7. The molecule has 164 valence electrons. The first-order chi connectivity index (χ1) is 14.8. The molecular formula is C22H27N5O4. The third-order valence-electron chi connectivity index (χ3n) is 5.01. The molecule has 2 aromatic heterocycles. The number of esters is 1. The fourth-order valence-corrected chi connectivity index (χ4v) is 3.60. The van der Waals surface area contributed by atoms with Crippen LogP contribution in [-0.4, -0.2) is 47.2 Å². The highest BCUT2D eigenvalue weighted by molar-refractivity contribution is 5.97. The molecule has 0 spiro atoms. The molecule has 0 aliphatic rings. The van der Waals surface area contributed by atoms with E-state index in [0.29, 0.717) is 22.5 Å². The average molecular weight is 425 g/mol. The van der Waals surface area contributed by atoms with Gasteiger partial charge in [-0.15, -0.1) is 0 Å². The summed E-state index contributed by atoms with van der Waals surface area (Å²) in [6.45, 7) is 8.03. The Labute approximate surface area is 180 Å². The summed E-state index contributed by atoms with van der Waals surface area (Å²) in [5, 5.41) is 4.31. The van der Waals surface area contributed by atoms with Crippen molar-refractivity contribution >= 4 is 28.9 Å². The maximum absolute atomic E-state index is 12.6. The Morgan fingerprint density at radius 3 is 2.68 bits per heavy atom.